The molecule has 1 aliphatic heterocycles. The van der Waals surface area contributed by atoms with E-state index in [1.165, 1.54) is 25.3 Å². The average molecular weight is 308 g/mol. The number of rotatable bonds is 4. The topological polar surface area (TPSA) is 41.6 Å². The standard InChI is InChI=1S/C16H18F2N2O2/c1-10(2)8-20-9-11(16(21)22-3)6-15(19-20)13-5-4-12(17)7-14(13)18/h4-7,9-10,19H,8H2,1-3H3. The van der Waals surface area contributed by atoms with Crippen LogP contribution in [0.4, 0.5) is 8.78 Å². The number of ether oxygens (including phenoxy) is 1. The molecule has 0 bridgehead atoms. The summed E-state index contributed by atoms with van der Waals surface area (Å²) in [4.78, 5) is 11.8. The zero-order valence-corrected chi connectivity index (χ0v) is 12.7. The van der Waals surface area contributed by atoms with Crippen molar-refractivity contribution in [3.05, 3.63) is 53.2 Å². The van der Waals surface area contributed by atoms with Crippen molar-refractivity contribution >= 4 is 11.7 Å². The van der Waals surface area contributed by atoms with Crippen LogP contribution in [0, 0.1) is 17.6 Å². The van der Waals surface area contributed by atoms with Crippen LogP contribution in [-0.4, -0.2) is 24.6 Å². The summed E-state index contributed by atoms with van der Waals surface area (Å²) < 4.78 is 31.7. The van der Waals surface area contributed by atoms with Gasteiger partial charge in [-0.2, -0.15) is 0 Å². The first-order valence-corrected chi connectivity index (χ1v) is 6.91. The van der Waals surface area contributed by atoms with Crippen LogP contribution in [0.3, 0.4) is 0 Å². The molecule has 22 heavy (non-hydrogen) atoms. The van der Waals surface area contributed by atoms with Crippen molar-refractivity contribution in [2.24, 2.45) is 5.92 Å². The van der Waals surface area contributed by atoms with Gasteiger partial charge in [-0.3, -0.25) is 10.4 Å². The van der Waals surface area contributed by atoms with Crippen LogP contribution in [-0.2, 0) is 9.53 Å². The number of nitrogens with zero attached hydrogens (tertiary/aromatic N) is 1. The lowest BCUT2D eigenvalue weighted by atomic mass is 10.1. The van der Waals surface area contributed by atoms with E-state index in [2.05, 4.69) is 5.43 Å². The molecule has 0 amide bonds. The lowest BCUT2D eigenvalue weighted by Crippen LogP contribution is -2.38. The molecule has 1 aliphatic rings. The second-order valence-corrected chi connectivity index (χ2v) is 5.42. The van der Waals surface area contributed by atoms with Crippen molar-refractivity contribution in [2.45, 2.75) is 13.8 Å². The molecule has 0 fully saturated rings. The summed E-state index contributed by atoms with van der Waals surface area (Å²) in [6.07, 6.45) is 3.09. The van der Waals surface area contributed by atoms with Crippen molar-refractivity contribution in [3.63, 3.8) is 0 Å². The molecule has 0 spiro atoms. The van der Waals surface area contributed by atoms with Gasteiger partial charge >= 0.3 is 5.97 Å². The predicted molar refractivity (Wildman–Crippen MR) is 79.1 cm³/mol. The fourth-order valence-electron chi connectivity index (χ4n) is 2.15. The van der Waals surface area contributed by atoms with Crippen LogP contribution in [0.15, 0.2) is 36.0 Å². The van der Waals surface area contributed by atoms with Crippen LogP contribution in [0.1, 0.15) is 19.4 Å². The minimum absolute atomic E-state index is 0.185. The highest BCUT2D eigenvalue weighted by Gasteiger charge is 2.20. The highest BCUT2D eigenvalue weighted by Crippen LogP contribution is 2.23. The van der Waals surface area contributed by atoms with E-state index in [-0.39, 0.29) is 5.56 Å². The summed E-state index contributed by atoms with van der Waals surface area (Å²) in [5.41, 5.74) is 3.87. The smallest absolute Gasteiger partial charge is 0.339 e. The predicted octanol–water partition coefficient (Wildman–Crippen LogP) is 2.84. The second-order valence-electron chi connectivity index (χ2n) is 5.42. The molecule has 2 rings (SSSR count). The Labute approximate surface area is 128 Å². The first-order chi connectivity index (χ1) is 10.4. The van der Waals surface area contributed by atoms with E-state index in [1.807, 2.05) is 13.8 Å². The molecule has 1 heterocycles. The van der Waals surface area contributed by atoms with E-state index >= 15 is 0 Å². The van der Waals surface area contributed by atoms with Gasteiger partial charge in [-0.1, -0.05) is 13.8 Å². The molecule has 0 atom stereocenters. The van der Waals surface area contributed by atoms with E-state index in [4.69, 9.17) is 4.74 Å². The SMILES string of the molecule is COC(=O)C1=CN(CC(C)C)NC(c2ccc(F)cc2F)=C1. The van der Waals surface area contributed by atoms with Gasteiger partial charge in [0.15, 0.2) is 0 Å². The minimum atomic E-state index is -0.700. The molecule has 1 aromatic rings. The highest BCUT2D eigenvalue weighted by atomic mass is 19.1. The van der Waals surface area contributed by atoms with Crippen LogP contribution in [0.2, 0.25) is 0 Å². The van der Waals surface area contributed by atoms with Crippen molar-refractivity contribution in [2.75, 3.05) is 13.7 Å². The van der Waals surface area contributed by atoms with Crippen LogP contribution in [0.25, 0.3) is 5.70 Å². The number of methoxy groups -OCH3 is 1. The quantitative estimate of drug-likeness (QED) is 0.869. The number of benzene rings is 1. The third-order valence-corrected chi connectivity index (χ3v) is 3.06. The summed E-state index contributed by atoms with van der Waals surface area (Å²) in [7, 11) is 1.28. The number of esters is 1. The van der Waals surface area contributed by atoms with E-state index in [0.717, 1.165) is 6.07 Å². The van der Waals surface area contributed by atoms with Gasteiger partial charge in [-0.15, -0.1) is 0 Å². The fourth-order valence-corrected chi connectivity index (χ4v) is 2.15. The third-order valence-electron chi connectivity index (χ3n) is 3.06. The van der Waals surface area contributed by atoms with Gasteiger partial charge in [-0.05, 0) is 24.1 Å². The van der Waals surface area contributed by atoms with Gasteiger partial charge in [0.1, 0.15) is 11.6 Å². The molecular weight excluding hydrogens is 290 g/mol. The van der Waals surface area contributed by atoms with Gasteiger partial charge in [-0.25, -0.2) is 13.6 Å². The lowest BCUT2D eigenvalue weighted by Gasteiger charge is -2.30. The first-order valence-electron chi connectivity index (χ1n) is 6.91. The molecule has 118 valence electrons. The molecule has 6 heteroatoms. The maximum Gasteiger partial charge on any atom is 0.339 e. The Morgan fingerprint density at radius 2 is 2.09 bits per heavy atom. The maximum absolute atomic E-state index is 14.0. The normalized spacial score (nSPS) is 14.4. The Morgan fingerprint density at radius 3 is 2.68 bits per heavy atom. The number of nitrogens with one attached hydrogen (secondary N) is 1. The number of hydrazine groups is 1. The Kier molecular flexibility index (Phi) is 4.80. The Hall–Kier alpha value is -2.37. The van der Waals surface area contributed by atoms with Crippen molar-refractivity contribution in [3.8, 4) is 0 Å². The van der Waals surface area contributed by atoms with Gasteiger partial charge in [0.05, 0.1) is 18.4 Å². The van der Waals surface area contributed by atoms with Gasteiger partial charge in [0, 0.05) is 24.4 Å². The maximum atomic E-state index is 14.0. The molecule has 4 nitrogen and oxygen atoms in total. The van der Waals surface area contributed by atoms with Crippen molar-refractivity contribution in [1.29, 1.82) is 0 Å². The third kappa shape index (κ3) is 3.63. The summed E-state index contributed by atoms with van der Waals surface area (Å²) in [6, 6.07) is 3.31. The highest BCUT2D eigenvalue weighted by molar-refractivity contribution is 5.94. The van der Waals surface area contributed by atoms with Gasteiger partial charge < -0.3 is 4.74 Å². The molecule has 0 aromatic heterocycles. The number of carbonyl (C=O) groups excluding carboxylic acids is 1. The van der Waals surface area contributed by atoms with E-state index in [9.17, 15) is 13.6 Å². The van der Waals surface area contributed by atoms with E-state index in [1.54, 1.807) is 11.2 Å². The monoisotopic (exact) mass is 308 g/mol. The minimum Gasteiger partial charge on any atom is -0.465 e. The molecule has 0 saturated heterocycles. The molecule has 0 saturated carbocycles. The number of halogens is 2. The van der Waals surface area contributed by atoms with Crippen LogP contribution < -0.4 is 5.43 Å². The zero-order chi connectivity index (χ0) is 16.3. The molecular formula is C16H18F2N2O2. The van der Waals surface area contributed by atoms with E-state index < -0.39 is 17.6 Å². The average Bonchev–Trinajstić information content (AvgIpc) is 2.45. The Morgan fingerprint density at radius 1 is 1.36 bits per heavy atom. The Balaban J connectivity index is 2.39. The largest absolute Gasteiger partial charge is 0.465 e. The van der Waals surface area contributed by atoms with Crippen LogP contribution >= 0.6 is 0 Å². The molecule has 0 aliphatic carbocycles. The Bertz CT molecular complexity index is 639. The molecule has 1 aromatic carbocycles. The van der Waals surface area contributed by atoms with Crippen molar-refractivity contribution < 1.29 is 18.3 Å². The fraction of sp³-hybridized carbons (Fsp3) is 0.312. The van der Waals surface area contributed by atoms with Gasteiger partial charge in [0.2, 0.25) is 0 Å². The van der Waals surface area contributed by atoms with E-state index in [0.29, 0.717) is 23.7 Å². The summed E-state index contributed by atoms with van der Waals surface area (Å²) in [6.45, 7) is 4.65. The zero-order valence-electron chi connectivity index (χ0n) is 12.7. The van der Waals surface area contributed by atoms with Crippen LogP contribution in [0.5, 0.6) is 0 Å². The second kappa shape index (κ2) is 6.60. The van der Waals surface area contributed by atoms with Crippen molar-refractivity contribution in [1.82, 2.24) is 10.4 Å². The summed E-state index contributed by atoms with van der Waals surface area (Å²) in [5.74, 6) is -1.55. The number of carbonyl (C=O) groups is 1. The molecule has 0 unspecified atom stereocenters. The molecule has 1 N–H and O–H groups in total. The molecule has 0 radical (unpaired) electrons. The number of hydrogen-bond acceptors (Lipinski definition) is 4. The van der Waals surface area contributed by atoms with Gasteiger partial charge in [0.25, 0.3) is 0 Å². The summed E-state index contributed by atoms with van der Waals surface area (Å²) in [5, 5.41) is 1.69. The lowest BCUT2D eigenvalue weighted by molar-refractivity contribution is -0.135. The summed E-state index contributed by atoms with van der Waals surface area (Å²) >= 11 is 0. The first kappa shape index (κ1) is 16.0. The number of hydrogen-bond donors (Lipinski definition) is 1.